The molecule has 0 N–H and O–H groups in total. The molecule has 1 aromatic carbocycles. The normalized spacial score (nSPS) is 14.6. The molecule has 0 bridgehead atoms. The molecule has 0 aliphatic carbocycles. The number of pyridine rings is 2. The lowest BCUT2D eigenvalue weighted by molar-refractivity contribution is 0.0647. The van der Waals surface area contributed by atoms with Crippen LogP contribution in [0.25, 0.3) is 11.3 Å². The molecule has 1 fully saturated rings. The van der Waals surface area contributed by atoms with Crippen LogP contribution in [0.3, 0.4) is 0 Å². The van der Waals surface area contributed by atoms with Crippen LogP contribution in [0, 0.1) is 28.4 Å². The van der Waals surface area contributed by atoms with E-state index in [1.165, 1.54) is 12.1 Å². The summed E-state index contributed by atoms with van der Waals surface area (Å²) in [7, 11) is 0. The molecular weight excluding hydrogens is 422 g/mol. The lowest BCUT2D eigenvalue weighted by atomic mass is 9.75. The second kappa shape index (κ2) is 10.8. The third kappa shape index (κ3) is 5.40. The molecule has 1 saturated heterocycles. The first-order valence-corrected chi connectivity index (χ1v) is 11.0. The van der Waals surface area contributed by atoms with Gasteiger partial charge in [0.2, 0.25) is 0 Å². The highest BCUT2D eigenvalue weighted by Gasteiger charge is 2.37. The van der Waals surface area contributed by atoms with E-state index >= 15 is 0 Å². The van der Waals surface area contributed by atoms with Crippen molar-refractivity contribution >= 4 is 5.91 Å². The Morgan fingerprint density at radius 1 is 1.09 bits per heavy atom. The predicted molar refractivity (Wildman–Crippen MR) is 122 cm³/mol. The van der Waals surface area contributed by atoms with Gasteiger partial charge in [0, 0.05) is 43.3 Å². The van der Waals surface area contributed by atoms with Gasteiger partial charge in [0.25, 0.3) is 5.91 Å². The van der Waals surface area contributed by atoms with Crippen molar-refractivity contribution in [3.63, 3.8) is 0 Å². The number of nitriles is 1. The molecule has 5 nitrogen and oxygen atoms in total. The average molecular weight is 449 g/mol. The van der Waals surface area contributed by atoms with Crippen molar-refractivity contribution in [2.45, 2.75) is 33.1 Å². The van der Waals surface area contributed by atoms with E-state index in [1.54, 1.807) is 47.8 Å². The number of likely N-dealkylation sites (tertiary alicyclic amines) is 1. The van der Waals surface area contributed by atoms with E-state index in [4.69, 9.17) is 0 Å². The van der Waals surface area contributed by atoms with Crippen molar-refractivity contribution in [2.75, 3.05) is 13.1 Å². The van der Waals surface area contributed by atoms with E-state index in [9.17, 15) is 18.8 Å². The monoisotopic (exact) mass is 448 g/mol. The second-order valence-electron chi connectivity index (χ2n) is 7.73. The summed E-state index contributed by atoms with van der Waals surface area (Å²) in [6.07, 6.45) is 5.95. The Morgan fingerprint density at radius 3 is 2.42 bits per heavy atom. The predicted octanol–water partition coefficient (Wildman–Crippen LogP) is 5.44. The van der Waals surface area contributed by atoms with Crippen LogP contribution in [0.4, 0.5) is 8.78 Å². The maximum atomic E-state index is 14.1. The number of benzene rings is 1. The van der Waals surface area contributed by atoms with Gasteiger partial charge < -0.3 is 4.90 Å². The van der Waals surface area contributed by atoms with Gasteiger partial charge in [-0.1, -0.05) is 19.9 Å². The van der Waals surface area contributed by atoms with Crippen LogP contribution in [-0.4, -0.2) is 33.9 Å². The standard InChI is InChI=1S/C24H20F2N4O.C2H6/c25-19-4-3-18(21(26)14-19)15-24(16-27)7-12-30(13-8-24)23(31)20-2-1-9-29-22(20)17-5-10-28-11-6-17;1-2/h1-6,9-11,14H,7-8,12-13,15H2;1-2H3. The lowest BCUT2D eigenvalue weighted by Gasteiger charge is -2.37. The summed E-state index contributed by atoms with van der Waals surface area (Å²) in [5.74, 6) is -1.45. The fourth-order valence-corrected chi connectivity index (χ4v) is 3.98. The number of aromatic nitrogens is 2. The number of carbonyl (C=O) groups excluding carboxylic acids is 1. The van der Waals surface area contributed by atoms with Gasteiger partial charge in [-0.15, -0.1) is 0 Å². The molecule has 0 saturated carbocycles. The number of piperidine rings is 1. The minimum atomic E-state index is -0.793. The average Bonchev–Trinajstić information content (AvgIpc) is 2.87. The number of nitrogens with zero attached hydrogens (tertiary/aromatic N) is 4. The van der Waals surface area contributed by atoms with Crippen molar-refractivity contribution < 1.29 is 13.6 Å². The Kier molecular flexibility index (Phi) is 7.83. The van der Waals surface area contributed by atoms with E-state index in [-0.39, 0.29) is 12.3 Å². The Bertz CT molecular complexity index is 1140. The zero-order valence-electron chi connectivity index (χ0n) is 18.8. The maximum Gasteiger partial charge on any atom is 0.256 e. The Morgan fingerprint density at radius 2 is 1.79 bits per heavy atom. The third-order valence-electron chi connectivity index (χ3n) is 5.78. The molecule has 2 aromatic heterocycles. The van der Waals surface area contributed by atoms with Gasteiger partial charge in [0.05, 0.1) is 22.7 Å². The van der Waals surface area contributed by atoms with Gasteiger partial charge in [-0.2, -0.15) is 5.26 Å². The number of rotatable bonds is 4. The molecule has 3 heterocycles. The quantitative estimate of drug-likeness (QED) is 0.533. The van der Waals surface area contributed by atoms with Crippen LogP contribution in [0.5, 0.6) is 0 Å². The highest BCUT2D eigenvalue weighted by molar-refractivity contribution is 5.99. The smallest absolute Gasteiger partial charge is 0.256 e. The molecule has 0 radical (unpaired) electrons. The number of carbonyl (C=O) groups is 1. The lowest BCUT2D eigenvalue weighted by Crippen LogP contribution is -2.43. The summed E-state index contributed by atoms with van der Waals surface area (Å²) < 4.78 is 27.3. The van der Waals surface area contributed by atoms with Crippen molar-refractivity contribution in [1.29, 1.82) is 5.26 Å². The van der Waals surface area contributed by atoms with E-state index in [1.807, 2.05) is 13.8 Å². The fourth-order valence-electron chi connectivity index (χ4n) is 3.98. The Hall–Kier alpha value is -3.66. The zero-order valence-corrected chi connectivity index (χ0v) is 18.8. The molecule has 1 amide bonds. The van der Waals surface area contributed by atoms with Gasteiger partial charge in [-0.05, 0) is 55.2 Å². The maximum absolute atomic E-state index is 14.1. The largest absolute Gasteiger partial charge is 0.338 e. The van der Waals surface area contributed by atoms with Crippen molar-refractivity contribution in [1.82, 2.24) is 14.9 Å². The number of halogens is 2. The molecule has 7 heteroatoms. The Balaban J connectivity index is 0.00000149. The number of hydrogen-bond donors (Lipinski definition) is 0. The topological polar surface area (TPSA) is 69.9 Å². The summed E-state index contributed by atoms with van der Waals surface area (Å²) in [5.41, 5.74) is 1.39. The molecule has 0 spiro atoms. The van der Waals surface area contributed by atoms with Gasteiger partial charge in [0.15, 0.2) is 0 Å². The molecule has 0 unspecified atom stereocenters. The highest BCUT2D eigenvalue weighted by atomic mass is 19.1. The number of amides is 1. The van der Waals surface area contributed by atoms with Crippen LogP contribution in [0.15, 0.2) is 61.1 Å². The van der Waals surface area contributed by atoms with Crippen molar-refractivity contribution in [3.8, 4) is 17.3 Å². The first kappa shape index (κ1) is 24.0. The third-order valence-corrected chi connectivity index (χ3v) is 5.78. The van der Waals surface area contributed by atoms with Crippen molar-refractivity contribution in [3.05, 3.63) is 83.8 Å². The molecule has 170 valence electrons. The summed E-state index contributed by atoms with van der Waals surface area (Å²) in [6, 6.07) is 12.8. The van der Waals surface area contributed by atoms with E-state index in [2.05, 4.69) is 16.0 Å². The van der Waals surface area contributed by atoms with Crippen LogP contribution >= 0.6 is 0 Å². The van der Waals surface area contributed by atoms with Crippen LogP contribution < -0.4 is 0 Å². The molecule has 1 aliphatic rings. The minimum absolute atomic E-state index is 0.153. The van der Waals surface area contributed by atoms with Gasteiger partial charge >= 0.3 is 0 Å². The first-order chi connectivity index (χ1) is 16.0. The fraction of sp³-hybridized carbons (Fsp3) is 0.308. The van der Waals surface area contributed by atoms with Crippen LogP contribution in [0.1, 0.15) is 42.6 Å². The second-order valence-corrected chi connectivity index (χ2v) is 7.73. The van der Waals surface area contributed by atoms with E-state index in [0.29, 0.717) is 42.8 Å². The first-order valence-electron chi connectivity index (χ1n) is 11.0. The highest BCUT2D eigenvalue weighted by Crippen LogP contribution is 2.36. The number of hydrogen-bond acceptors (Lipinski definition) is 4. The van der Waals surface area contributed by atoms with E-state index in [0.717, 1.165) is 11.6 Å². The minimum Gasteiger partial charge on any atom is -0.338 e. The Labute approximate surface area is 192 Å². The molecule has 1 aliphatic heterocycles. The summed E-state index contributed by atoms with van der Waals surface area (Å²) in [4.78, 5) is 23.3. The molecule has 3 aromatic rings. The summed E-state index contributed by atoms with van der Waals surface area (Å²) in [5, 5.41) is 9.82. The van der Waals surface area contributed by atoms with Crippen LogP contribution in [0.2, 0.25) is 0 Å². The molecule has 4 rings (SSSR count). The zero-order chi connectivity index (χ0) is 23.8. The van der Waals surface area contributed by atoms with Crippen LogP contribution in [-0.2, 0) is 6.42 Å². The SMILES string of the molecule is CC.N#CC1(Cc2ccc(F)cc2F)CCN(C(=O)c2cccnc2-c2ccncc2)CC1. The molecular formula is C26H26F2N4O. The molecule has 0 atom stereocenters. The molecule has 33 heavy (non-hydrogen) atoms. The van der Waals surface area contributed by atoms with Gasteiger partial charge in [-0.25, -0.2) is 8.78 Å². The van der Waals surface area contributed by atoms with Gasteiger partial charge in [-0.3, -0.25) is 14.8 Å². The summed E-state index contributed by atoms with van der Waals surface area (Å²) in [6.45, 7) is 4.75. The summed E-state index contributed by atoms with van der Waals surface area (Å²) >= 11 is 0. The van der Waals surface area contributed by atoms with Crippen molar-refractivity contribution in [2.24, 2.45) is 5.41 Å². The van der Waals surface area contributed by atoms with Gasteiger partial charge in [0.1, 0.15) is 11.6 Å². The van der Waals surface area contributed by atoms with E-state index < -0.39 is 17.0 Å².